The van der Waals surface area contributed by atoms with E-state index in [-0.39, 0.29) is 18.1 Å². The minimum Gasteiger partial charge on any atom is -0.316 e. The van der Waals surface area contributed by atoms with Crippen molar-refractivity contribution < 1.29 is 4.79 Å². The van der Waals surface area contributed by atoms with E-state index in [9.17, 15) is 4.79 Å². The molecule has 2 heterocycles. The van der Waals surface area contributed by atoms with Crippen LogP contribution in [0, 0.1) is 0 Å². The summed E-state index contributed by atoms with van der Waals surface area (Å²) in [5, 5.41) is 8.51. The van der Waals surface area contributed by atoms with Crippen molar-refractivity contribution in [2.24, 2.45) is 4.99 Å². The van der Waals surface area contributed by atoms with E-state index in [1.807, 2.05) is 0 Å². The van der Waals surface area contributed by atoms with Gasteiger partial charge < -0.3 is 5.32 Å². The fraction of sp³-hybridized carbons (Fsp3) is 0.600. The van der Waals surface area contributed by atoms with Gasteiger partial charge in [0, 0.05) is 6.67 Å². The highest BCUT2D eigenvalue weighted by Gasteiger charge is 2.33. The Morgan fingerprint density at radius 3 is 3.30 bits per heavy atom. The lowest BCUT2D eigenvalue weighted by Crippen LogP contribution is -2.49. The Balaban J connectivity index is 2.22. The topological polar surface area (TPSA) is 65.5 Å². The predicted molar refractivity (Wildman–Crippen MR) is 35.3 cm³/mol. The summed E-state index contributed by atoms with van der Waals surface area (Å²) in [4.78, 5) is 15.0. The van der Waals surface area contributed by atoms with Gasteiger partial charge in [-0.05, 0) is 0 Å². The van der Waals surface area contributed by atoms with Crippen molar-refractivity contribution in [2.45, 2.75) is 12.2 Å². The van der Waals surface area contributed by atoms with Crippen molar-refractivity contribution in [1.29, 1.82) is 0 Å². The lowest BCUT2D eigenvalue weighted by Gasteiger charge is -2.17. The molecule has 0 saturated carbocycles. The zero-order valence-corrected chi connectivity index (χ0v) is 5.29. The van der Waals surface area contributed by atoms with Gasteiger partial charge in [0.2, 0.25) is 5.91 Å². The largest absolute Gasteiger partial charge is 0.316 e. The number of rotatable bonds is 0. The van der Waals surface area contributed by atoms with E-state index in [1.54, 1.807) is 0 Å². The highest BCUT2D eigenvalue weighted by Crippen LogP contribution is 2.03. The van der Waals surface area contributed by atoms with E-state index in [1.165, 1.54) is 6.34 Å². The number of carbonyl (C=O) groups excluding carboxylic acids is 1. The number of nitrogens with one attached hydrogen (secondary N) is 3. The second-order valence-corrected chi connectivity index (χ2v) is 2.29. The number of carbonyl (C=O) groups is 1. The molecule has 3 N–H and O–H groups in total. The smallest absolute Gasteiger partial charge is 0.245 e. The molecule has 0 bridgehead atoms. The standard InChI is InChI=1S/C5H8N4O/c10-5-3-4(7-1-6-3)8-2-9-5/h2-4,6-7H,1H2,(H,8,9,10). The molecule has 0 aromatic carbocycles. The fourth-order valence-corrected chi connectivity index (χ4v) is 1.15. The number of aliphatic imine (C=N–C) groups is 1. The summed E-state index contributed by atoms with van der Waals surface area (Å²) in [5.74, 6) is -0.00926. The van der Waals surface area contributed by atoms with Gasteiger partial charge in [0.25, 0.3) is 0 Å². The molecule has 2 rings (SSSR count). The molecule has 5 nitrogen and oxygen atoms in total. The van der Waals surface area contributed by atoms with Crippen LogP contribution in [0.1, 0.15) is 0 Å². The van der Waals surface area contributed by atoms with Crippen LogP contribution in [-0.2, 0) is 4.79 Å². The lowest BCUT2D eigenvalue weighted by atomic mass is 10.2. The van der Waals surface area contributed by atoms with E-state index in [2.05, 4.69) is 20.9 Å². The van der Waals surface area contributed by atoms with Crippen molar-refractivity contribution in [3.8, 4) is 0 Å². The maximum Gasteiger partial charge on any atom is 0.245 e. The number of nitrogens with zero attached hydrogens (tertiary/aromatic N) is 1. The summed E-state index contributed by atoms with van der Waals surface area (Å²) < 4.78 is 0. The normalized spacial score (nSPS) is 37.4. The van der Waals surface area contributed by atoms with Crippen molar-refractivity contribution in [3.63, 3.8) is 0 Å². The quantitative estimate of drug-likeness (QED) is 0.364. The molecule has 1 fully saturated rings. The highest BCUT2D eigenvalue weighted by atomic mass is 16.2. The van der Waals surface area contributed by atoms with Crippen molar-refractivity contribution in [1.82, 2.24) is 16.0 Å². The van der Waals surface area contributed by atoms with Crippen LogP contribution in [0.3, 0.4) is 0 Å². The van der Waals surface area contributed by atoms with Crippen LogP contribution in [-0.4, -0.2) is 31.1 Å². The molecular weight excluding hydrogens is 132 g/mol. The molecule has 2 aliphatic rings. The summed E-state index contributed by atoms with van der Waals surface area (Å²) >= 11 is 0. The van der Waals surface area contributed by atoms with Crippen LogP contribution in [0.25, 0.3) is 0 Å². The molecule has 10 heavy (non-hydrogen) atoms. The minimum absolute atomic E-state index is 0.00926. The van der Waals surface area contributed by atoms with Gasteiger partial charge in [-0.3, -0.25) is 20.4 Å². The van der Waals surface area contributed by atoms with E-state index in [0.29, 0.717) is 6.67 Å². The zero-order chi connectivity index (χ0) is 6.97. The molecule has 2 atom stereocenters. The molecule has 2 aliphatic heterocycles. The van der Waals surface area contributed by atoms with Gasteiger partial charge in [-0.15, -0.1) is 0 Å². The van der Waals surface area contributed by atoms with Crippen molar-refractivity contribution in [3.05, 3.63) is 0 Å². The first-order chi connectivity index (χ1) is 4.88. The Morgan fingerprint density at radius 2 is 2.50 bits per heavy atom. The van der Waals surface area contributed by atoms with Crippen LogP contribution < -0.4 is 16.0 Å². The maximum absolute atomic E-state index is 11.0. The van der Waals surface area contributed by atoms with Gasteiger partial charge >= 0.3 is 0 Å². The zero-order valence-electron chi connectivity index (χ0n) is 5.29. The van der Waals surface area contributed by atoms with E-state index in [0.717, 1.165) is 0 Å². The van der Waals surface area contributed by atoms with Gasteiger partial charge in [-0.25, -0.2) is 0 Å². The van der Waals surface area contributed by atoms with Crippen LogP contribution in [0.15, 0.2) is 4.99 Å². The van der Waals surface area contributed by atoms with Crippen LogP contribution in [0.5, 0.6) is 0 Å². The third-order valence-electron chi connectivity index (χ3n) is 1.67. The number of hydrogen-bond acceptors (Lipinski definition) is 4. The minimum atomic E-state index is -0.176. The van der Waals surface area contributed by atoms with Gasteiger partial charge in [-0.1, -0.05) is 0 Å². The molecule has 1 saturated heterocycles. The Hall–Kier alpha value is -0.940. The number of amides is 1. The molecule has 0 spiro atoms. The first-order valence-corrected chi connectivity index (χ1v) is 3.17. The van der Waals surface area contributed by atoms with Gasteiger partial charge in [0.1, 0.15) is 12.2 Å². The van der Waals surface area contributed by atoms with E-state index >= 15 is 0 Å². The highest BCUT2D eigenvalue weighted by molar-refractivity contribution is 5.94. The first-order valence-electron chi connectivity index (χ1n) is 3.17. The first kappa shape index (κ1) is 5.82. The van der Waals surface area contributed by atoms with Crippen LogP contribution in [0.2, 0.25) is 0 Å². The molecule has 1 amide bonds. The summed E-state index contributed by atoms with van der Waals surface area (Å²) in [6, 6.07) is -0.176. The van der Waals surface area contributed by atoms with Crippen LogP contribution >= 0.6 is 0 Å². The Bertz CT molecular complexity index is 190. The lowest BCUT2D eigenvalue weighted by molar-refractivity contribution is -0.121. The number of fused-ring (bicyclic) bond motifs is 1. The van der Waals surface area contributed by atoms with Crippen molar-refractivity contribution in [2.75, 3.05) is 6.67 Å². The third-order valence-corrected chi connectivity index (χ3v) is 1.67. The monoisotopic (exact) mass is 140 g/mol. The predicted octanol–water partition coefficient (Wildman–Crippen LogP) is -2.01. The average Bonchev–Trinajstić information content (AvgIpc) is 2.36. The molecule has 0 aromatic heterocycles. The van der Waals surface area contributed by atoms with Gasteiger partial charge in [0.05, 0.1) is 6.34 Å². The fourth-order valence-electron chi connectivity index (χ4n) is 1.15. The van der Waals surface area contributed by atoms with Crippen molar-refractivity contribution >= 4 is 12.2 Å². The summed E-state index contributed by atoms with van der Waals surface area (Å²) in [6.07, 6.45) is 1.37. The molecule has 0 radical (unpaired) electrons. The van der Waals surface area contributed by atoms with Crippen LogP contribution in [0.4, 0.5) is 0 Å². The Morgan fingerprint density at radius 1 is 1.60 bits per heavy atom. The maximum atomic E-state index is 11.0. The second-order valence-electron chi connectivity index (χ2n) is 2.29. The van der Waals surface area contributed by atoms with Gasteiger partial charge in [0.15, 0.2) is 0 Å². The second kappa shape index (κ2) is 2.03. The Kier molecular flexibility index (Phi) is 1.18. The number of hydrogen-bond donors (Lipinski definition) is 3. The molecular formula is C5H8N4O. The SMILES string of the molecule is O=C1NC=NC2NCNC12. The van der Waals surface area contributed by atoms with E-state index < -0.39 is 0 Å². The summed E-state index contributed by atoms with van der Waals surface area (Å²) in [5.41, 5.74) is 0. The molecule has 5 heteroatoms. The molecule has 2 unspecified atom stereocenters. The molecule has 0 aliphatic carbocycles. The summed E-state index contributed by atoms with van der Waals surface area (Å²) in [6.45, 7) is 0.653. The third kappa shape index (κ3) is 0.714. The molecule has 54 valence electrons. The Labute approximate surface area is 57.9 Å². The van der Waals surface area contributed by atoms with E-state index in [4.69, 9.17) is 0 Å². The van der Waals surface area contributed by atoms with Gasteiger partial charge in [-0.2, -0.15) is 0 Å². The summed E-state index contributed by atoms with van der Waals surface area (Å²) in [7, 11) is 0. The average molecular weight is 140 g/mol. The molecule has 0 aromatic rings.